The van der Waals surface area contributed by atoms with Crippen LogP contribution in [0.3, 0.4) is 0 Å². The molecule has 0 atom stereocenters. The molecule has 0 aliphatic carbocycles. The molecule has 0 bridgehead atoms. The van der Waals surface area contributed by atoms with Crippen LogP contribution in [0.1, 0.15) is 50.7 Å². The Hall–Kier alpha value is -1.55. The molecule has 4 nitrogen and oxygen atoms in total. The van der Waals surface area contributed by atoms with Gasteiger partial charge in [0.05, 0.1) is 0 Å². The molecule has 1 aromatic rings. The molecule has 1 N–H and O–H groups in total. The summed E-state index contributed by atoms with van der Waals surface area (Å²) in [6.45, 7) is 8.43. The van der Waals surface area contributed by atoms with Gasteiger partial charge in [0.15, 0.2) is 0 Å². The highest BCUT2D eigenvalue weighted by molar-refractivity contribution is 5.67. The molecule has 1 aliphatic heterocycles. The molecule has 122 valence electrons. The standard InChI is InChI=1S/C18H28N2O2/c1-18(2,3)22-17(21)20(4)13-14-5-7-15(8-6-14)16-9-11-19-12-10-16/h5-8,16,19H,9-13H2,1-4H3. The largest absolute Gasteiger partial charge is 0.444 e. The van der Waals surface area contributed by atoms with Crippen LogP contribution in [0.2, 0.25) is 0 Å². The van der Waals surface area contributed by atoms with Crippen molar-refractivity contribution in [1.82, 2.24) is 10.2 Å². The Morgan fingerprint density at radius 2 is 1.82 bits per heavy atom. The average Bonchev–Trinajstić information content (AvgIpc) is 2.47. The van der Waals surface area contributed by atoms with Crippen molar-refractivity contribution < 1.29 is 9.53 Å². The van der Waals surface area contributed by atoms with Gasteiger partial charge in [-0.05, 0) is 63.7 Å². The number of ether oxygens (including phenoxy) is 1. The summed E-state index contributed by atoms with van der Waals surface area (Å²) in [5.41, 5.74) is 2.08. The molecule has 1 aromatic carbocycles. The second-order valence-corrected chi connectivity index (χ2v) is 7.10. The van der Waals surface area contributed by atoms with Crippen molar-refractivity contribution in [3.8, 4) is 0 Å². The van der Waals surface area contributed by atoms with Crippen molar-refractivity contribution in [2.75, 3.05) is 20.1 Å². The van der Waals surface area contributed by atoms with E-state index in [1.165, 1.54) is 18.4 Å². The molecule has 0 saturated carbocycles. The van der Waals surface area contributed by atoms with Crippen LogP contribution < -0.4 is 5.32 Å². The summed E-state index contributed by atoms with van der Waals surface area (Å²) in [5, 5.41) is 3.39. The predicted molar refractivity (Wildman–Crippen MR) is 89.0 cm³/mol. The highest BCUT2D eigenvalue weighted by Gasteiger charge is 2.20. The van der Waals surface area contributed by atoms with E-state index in [1.54, 1.807) is 11.9 Å². The maximum absolute atomic E-state index is 12.0. The first-order chi connectivity index (χ1) is 10.3. The van der Waals surface area contributed by atoms with Crippen LogP contribution in [0.15, 0.2) is 24.3 Å². The number of piperidine rings is 1. The number of nitrogens with zero attached hydrogens (tertiary/aromatic N) is 1. The Kier molecular flexibility index (Phi) is 5.46. The van der Waals surface area contributed by atoms with E-state index in [2.05, 4.69) is 29.6 Å². The summed E-state index contributed by atoms with van der Waals surface area (Å²) in [4.78, 5) is 13.6. The molecule has 0 spiro atoms. The van der Waals surface area contributed by atoms with Crippen LogP contribution in [0.4, 0.5) is 4.79 Å². The van der Waals surface area contributed by atoms with E-state index in [0.29, 0.717) is 12.5 Å². The maximum atomic E-state index is 12.0. The van der Waals surface area contributed by atoms with E-state index in [9.17, 15) is 4.79 Å². The summed E-state index contributed by atoms with van der Waals surface area (Å²) in [7, 11) is 1.77. The van der Waals surface area contributed by atoms with Crippen molar-refractivity contribution in [3.05, 3.63) is 35.4 Å². The van der Waals surface area contributed by atoms with Crippen LogP contribution >= 0.6 is 0 Å². The summed E-state index contributed by atoms with van der Waals surface area (Å²) in [5.74, 6) is 0.666. The van der Waals surface area contributed by atoms with E-state index < -0.39 is 5.60 Å². The van der Waals surface area contributed by atoms with Crippen LogP contribution in [0.5, 0.6) is 0 Å². The fraction of sp³-hybridized carbons (Fsp3) is 0.611. The minimum atomic E-state index is -0.454. The first-order valence-electron chi connectivity index (χ1n) is 8.09. The second kappa shape index (κ2) is 7.14. The van der Waals surface area contributed by atoms with Crippen molar-refractivity contribution >= 4 is 6.09 Å². The summed E-state index contributed by atoms with van der Waals surface area (Å²) in [6.07, 6.45) is 2.13. The quantitative estimate of drug-likeness (QED) is 0.929. The first-order valence-corrected chi connectivity index (χ1v) is 8.09. The predicted octanol–water partition coefficient (Wildman–Crippen LogP) is 3.52. The molecule has 2 rings (SSSR count). The minimum Gasteiger partial charge on any atom is -0.444 e. The number of rotatable bonds is 3. The van der Waals surface area contributed by atoms with Gasteiger partial charge >= 0.3 is 6.09 Å². The summed E-state index contributed by atoms with van der Waals surface area (Å²) >= 11 is 0. The minimum absolute atomic E-state index is 0.282. The number of hydrogen-bond acceptors (Lipinski definition) is 3. The molecule has 1 aliphatic rings. The second-order valence-electron chi connectivity index (χ2n) is 7.10. The van der Waals surface area contributed by atoms with Gasteiger partial charge in [0.2, 0.25) is 0 Å². The lowest BCUT2D eigenvalue weighted by Gasteiger charge is -2.25. The Morgan fingerprint density at radius 1 is 1.23 bits per heavy atom. The van der Waals surface area contributed by atoms with Gasteiger partial charge < -0.3 is 15.0 Å². The molecule has 1 heterocycles. The summed E-state index contributed by atoms with van der Waals surface area (Å²) < 4.78 is 5.37. The lowest BCUT2D eigenvalue weighted by atomic mass is 9.90. The van der Waals surface area contributed by atoms with E-state index in [0.717, 1.165) is 18.7 Å². The lowest BCUT2D eigenvalue weighted by Crippen LogP contribution is -2.33. The van der Waals surface area contributed by atoms with E-state index in [-0.39, 0.29) is 6.09 Å². The summed E-state index contributed by atoms with van der Waals surface area (Å²) in [6, 6.07) is 8.65. The molecular weight excluding hydrogens is 276 g/mol. The van der Waals surface area contributed by atoms with Crippen molar-refractivity contribution in [2.24, 2.45) is 0 Å². The van der Waals surface area contributed by atoms with Crippen LogP contribution in [-0.4, -0.2) is 36.7 Å². The first kappa shape index (κ1) is 16.8. The third-order valence-corrected chi connectivity index (χ3v) is 3.92. The van der Waals surface area contributed by atoms with Gasteiger partial charge in [-0.2, -0.15) is 0 Å². The number of carbonyl (C=O) groups excluding carboxylic acids is 1. The smallest absolute Gasteiger partial charge is 0.410 e. The lowest BCUT2D eigenvalue weighted by molar-refractivity contribution is 0.0285. The van der Waals surface area contributed by atoms with Crippen LogP contribution in [0, 0.1) is 0 Å². The molecule has 0 radical (unpaired) electrons. The van der Waals surface area contributed by atoms with Gasteiger partial charge in [-0.3, -0.25) is 0 Å². The zero-order chi connectivity index (χ0) is 16.2. The molecule has 1 fully saturated rings. The number of nitrogens with one attached hydrogen (secondary N) is 1. The molecular formula is C18H28N2O2. The Morgan fingerprint density at radius 3 is 2.36 bits per heavy atom. The monoisotopic (exact) mass is 304 g/mol. The van der Waals surface area contributed by atoms with E-state index >= 15 is 0 Å². The molecule has 0 unspecified atom stereocenters. The molecule has 0 aromatic heterocycles. The van der Waals surface area contributed by atoms with Gasteiger partial charge in [-0.15, -0.1) is 0 Å². The SMILES string of the molecule is CN(Cc1ccc(C2CCNCC2)cc1)C(=O)OC(C)(C)C. The molecule has 4 heteroatoms. The normalized spacial score (nSPS) is 16.4. The topological polar surface area (TPSA) is 41.6 Å². The van der Waals surface area contributed by atoms with Crippen molar-refractivity contribution in [1.29, 1.82) is 0 Å². The van der Waals surface area contributed by atoms with Crippen molar-refractivity contribution in [3.63, 3.8) is 0 Å². The van der Waals surface area contributed by atoms with E-state index in [1.807, 2.05) is 20.8 Å². The van der Waals surface area contributed by atoms with Gasteiger partial charge in [-0.25, -0.2) is 4.79 Å². The number of hydrogen-bond donors (Lipinski definition) is 1. The average molecular weight is 304 g/mol. The maximum Gasteiger partial charge on any atom is 0.410 e. The van der Waals surface area contributed by atoms with Gasteiger partial charge in [0, 0.05) is 13.6 Å². The zero-order valence-corrected chi connectivity index (χ0v) is 14.2. The highest BCUT2D eigenvalue weighted by Crippen LogP contribution is 2.25. The Labute approximate surface area is 133 Å². The van der Waals surface area contributed by atoms with Gasteiger partial charge in [0.1, 0.15) is 5.60 Å². The third kappa shape index (κ3) is 5.02. The third-order valence-electron chi connectivity index (χ3n) is 3.92. The highest BCUT2D eigenvalue weighted by atomic mass is 16.6. The molecule has 1 amide bonds. The zero-order valence-electron chi connectivity index (χ0n) is 14.2. The Balaban J connectivity index is 1.91. The fourth-order valence-corrected chi connectivity index (χ4v) is 2.73. The van der Waals surface area contributed by atoms with Crippen LogP contribution in [-0.2, 0) is 11.3 Å². The van der Waals surface area contributed by atoms with Gasteiger partial charge in [0.25, 0.3) is 0 Å². The number of amides is 1. The number of carbonyl (C=O) groups is 1. The fourth-order valence-electron chi connectivity index (χ4n) is 2.73. The van der Waals surface area contributed by atoms with Crippen molar-refractivity contribution in [2.45, 2.75) is 51.7 Å². The molecule has 1 saturated heterocycles. The van der Waals surface area contributed by atoms with E-state index in [4.69, 9.17) is 4.74 Å². The number of benzene rings is 1. The van der Waals surface area contributed by atoms with Crippen LogP contribution in [0.25, 0.3) is 0 Å². The molecule has 22 heavy (non-hydrogen) atoms. The Bertz CT molecular complexity index is 485. The van der Waals surface area contributed by atoms with Gasteiger partial charge in [-0.1, -0.05) is 24.3 Å².